The van der Waals surface area contributed by atoms with Crippen molar-refractivity contribution in [2.45, 2.75) is 0 Å². The monoisotopic (exact) mass is 347 g/mol. The van der Waals surface area contributed by atoms with Crippen LogP contribution in [0.2, 0.25) is 0 Å². The Labute approximate surface area is 105 Å². The maximum Gasteiger partial charge on any atom is 0.415 e. The summed E-state index contributed by atoms with van der Waals surface area (Å²) in [5, 5.41) is 11.0. The van der Waals surface area contributed by atoms with Crippen LogP contribution in [0.4, 0.5) is 5.69 Å². The minimum Gasteiger partial charge on any atom is -0.417 e. The van der Waals surface area contributed by atoms with Gasteiger partial charge in [-0.15, -0.1) is 0 Å². The van der Waals surface area contributed by atoms with Gasteiger partial charge in [0, 0.05) is 15.9 Å². The van der Waals surface area contributed by atoms with E-state index in [-0.39, 0.29) is 0 Å². The predicted molar refractivity (Wildman–Crippen MR) is 64.5 cm³/mol. The molecule has 16 heavy (non-hydrogen) atoms. The first-order valence-corrected chi connectivity index (χ1v) is 5.65. The quantitative estimate of drug-likeness (QED) is 0.450. The highest BCUT2D eigenvalue weighted by atomic mass is 79.9. The maximum absolute atomic E-state index is 11.3. The van der Waals surface area contributed by atoms with E-state index in [0.717, 1.165) is 4.47 Å². The molecule has 0 amide bonds. The zero-order valence-electron chi connectivity index (χ0n) is 7.57. The van der Waals surface area contributed by atoms with Gasteiger partial charge in [0.15, 0.2) is 5.58 Å². The van der Waals surface area contributed by atoms with Crippen LogP contribution in [-0.4, -0.2) is 4.92 Å². The Bertz CT molecular complexity index is 650. The minimum absolute atomic E-state index is 0.291. The zero-order valence-corrected chi connectivity index (χ0v) is 10.7. The number of hydrogen-bond acceptors (Lipinski definition) is 4. The first kappa shape index (κ1) is 11.3. The number of rotatable bonds is 1. The van der Waals surface area contributed by atoms with Gasteiger partial charge in [0.05, 0.1) is 9.40 Å². The lowest BCUT2D eigenvalue weighted by Crippen LogP contribution is -2.06. The van der Waals surface area contributed by atoms with Crippen molar-refractivity contribution in [3.8, 4) is 0 Å². The molecule has 82 valence electrons. The molecule has 1 aromatic carbocycles. The number of benzene rings is 1. The van der Waals surface area contributed by atoms with Gasteiger partial charge >= 0.3 is 11.3 Å². The predicted octanol–water partition coefficient (Wildman–Crippen LogP) is 3.23. The van der Waals surface area contributed by atoms with Gasteiger partial charge in [-0.05, 0) is 28.1 Å². The average Bonchev–Trinajstić information content (AvgIpc) is 2.18. The van der Waals surface area contributed by atoms with Gasteiger partial charge in [-0.25, -0.2) is 4.79 Å². The molecule has 0 saturated carbocycles. The largest absolute Gasteiger partial charge is 0.417 e. The van der Waals surface area contributed by atoms with Crippen LogP contribution in [0.25, 0.3) is 11.0 Å². The van der Waals surface area contributed by atoms with Crippen molar-refractivity contribution >= 4 is 48.5 Å². The molecule has 0 aliphatic rings. The SMILES string of the molecule is O=c1oc2c(Br)cc(Br)cc2cc1[N+](=O)[O-]. The Morgan fingerprint density at radius 1 is 1.25 bits per heavy atom. The van der Waals surface area contributed by atoms with Crippen molar-refractivity contribution in [3.63, 3.8) is 0 Å². The van der Waals surface area contributed by atoms with Gasteiger partial charge < -0.3 is 4.42 Å². The third kappa shape index (κ3) is 1.88. The Morgan fingerprint density at radius 3 is 2.56 bits per heavy atom. The standard InChI is InChI=1S/C9H3Br2NO4/c10-5-1-4-2-7(12(14)15)9(13)16-8(4)6(11)3-5/h1-3H. The summed E-state index contributed by atoms with van der Waals surface area (Å²) in [6, 6.07) is 4.52. The van der Waals surface area contributed by atoms with Gasteiger partial charge in [-0.2, -0.15) is 0 Å². The highest BCUT2D eigenvalue weighted by Gasteiger charge is 2.16. The smallest absolute Gasteiger partial charge is 0.415 e. The van der Waals surface area contributed by atoms with Crippen LogP contribution in [0.15, 0.2) is 36.4 Å². The molecule has 0 N–H and O–H groups in total. The Kier molecular flexibility index (Phi) is 2.81. The normalized spacial score (nSPS) is 10.6. The molecular weight excluding hydrogens is 346 g/mol. The van der Waals surface area contributed by atoms with E-state index in [1.807, 2.05) is 0 Å². The first-order chi connectivity index (χ1) is 7.49. The molecule has 0 atom stereocenters. The molecule has 2 aromatic rings. The van der Waals surface area contributed by atoms with Crippen LogP contribution in [0.5, 0.6) is 0 Å². The van der Waals surface area contributed by atoms with E-state index in [1.54, 1.807) is 12.1 Å². The number of nitrogens with zero attached hydrogens (tertiary/aromatic N) is 1. The highest BCUT2D eigenvalue weighted by Crippen LogP contribution is 2.28. The van der Waals surface area contributed by atoms with Crippen molar-refractivity contribution in [3.05, 3.63) is 47.7 Å². The fourth-order valence-corrected chi connectivity index (χ4v) is 2.61. The summed E-state index contributed by atoms with van der Waals surface area (Å²) in [4.78, 5) is 21.1. The molecule has 0 aliphatic carbocycles. The van der Waals surface area contributed by atoms with Gasteiger partial charge in [0.25, 0.3) is 0 Å². The second-order valence-electron chi connectivity index (χ2n) is 2.98. The van der Waals surface area contributed by atoms with Crippen LogP contribution in [-0.2, 0) is 0 Å². The fourth-order valence-electron chi connectivity index (χ4n) is 1.27. The summed E-state index contributed by atoms with van der Waals surface area (Å²) in [5.74, 6) is 0. The molecule has 0 unspecified atom stereocenters. The molecule has 1 aromatic heterocycles. The number of nitro groups is 1. The number of hydrogen-bond donors (Lipinski definition) is 0. The summed E-state index contributed by atoms with van der Waals surface area (Å²) in [5.41, 5.74) is -1.24. The van der Waals surface area contributed by atoms with E-state index < -0.39 is 16.2 Å². The van der Waals surface area contributed by atoms with E-state index in [9.17, 15) is 14.9 Å². The molecule has 0 radical (unpaired) electrons. The lowest BCUT2D eigenvalue weighted by atomic mass is 10.2. The van der Waals surface area contributed by atoms with Crippen LogP contribution in [0.3, 0.4) is 0 Å². The Hall–Kier alpha value is -1.21. The summed E-state index contributed by atoms with van der Waals surface area (Å²) in [6.45, 7) is 0. The Balaban J connectivity index is 2.90. The molecule has 1 heterocycles. The molecule has 7 heteroatoms. The highest BCUT2D eigenvalue weighted by molar-refractivity contribution is 9.11. The van der Waals surface area contributed by atoms with E-state index in [4.69, 9.17) is 4.42 Å². The molecule has 0 fully saturated rings. The van der Waals surface area contributed by atoms with Crippen LogP contribution < -0.4 is 5.63 Å². The number of halogens is 2. The fraction of sp³-hybridized carbons (Fsp3) is 0. The van der Waals surface area contributed by atoms with E-state index in [2.05, 4.69) is 31.9 Å². The molecule has 0 aliphatic heterocycles. The van der Waals surface area contributed by atoms with Gasteiger partial charge in [-0.1, -0.05) is 15.9 Å². The molecule has 0 bridgehead atoms. The molecule has 0 saturated heterocycles. The summed E-state index contributed by atoms with van der Waals surface area (Å²) in [6.07, 6.45) is 0. The van der Waals surface area contributed by atoms with Crippen molar-refractivity contribution in [1.82, 2.24) is 0 Å². The van der Waals surface area contributed by atoms with Gasteiger partial charge in [0.1, 0.15) is 0 Å². The van der Waals surface area contributed by atoms with E-state index in [1.165, 1.54) is 6.07 Å². The maximum atomic E-state index is 11.3. The van der Waals surface area contributed by atoms with E-state index >= 15 is 0 Å². The first-order valence-electron chi connectivity index (χ1n) is 4.06. The van der Waals surface area contributed by atoms with Crippen LogP contribution in [0, 0.1) is 10.1 Å². The van der Waals surface area contributed by atoms with Crippen molar-refractivity contribution in [2.75, 3.05) is 0 Å². The molecule has 5 nitrogen and oxygen atoms in total. The second kappa shape index (κ2) is 3.99. The third-order valence-corrected chi connectivity index (χ3v) is 2.98. The molecular formula is C9H3Br2NO4. The summed E-state index contributed by atoms with van der Waals surface area (Å²) >= 11 is 6.45. The second-order valence-corrected chi connectivity index (χ2v) is 4.75. The number of fused-ring (bicyclic) bond motifs is 1. The van der Waals surface area contributed by atoms with Crippen molar-refractivity contribution in [2.24, 2.45) is 0 Å². The third-order valence-electron chi connectivity index (χ3n) is 1.93. The average molecular weight is 349 g/mol. The lowest BCUT2D eigenvalue weighted by molar-refractivity contribution is -0.387. The zero-order chi connectivity index (χ0) is 11.9. The van der Waals surface area contributed by atoms with Crippen LogP contribution >= 0.6 is 31.9 Å². The van der Waals surface area contributed by atoms with E-state index in [0.29, 0.717) is 15.4 Å². The summed E-state index contributed by atoms with van der Waals surface area (Å²) in [7, 11) is 0. The van der Waals surface area contributed by atoms with Gasteiger partial charge in [-0.3, -0.25) is 10.1 Å². The molecule has 0 spiro atoms. The van der Waals surface area contributed by atoms with Crippen molar-refractivity contribution < 1.29 is 9.34 Å². The summed E-state index contributed by atoms with van der Waals surface area (Å²) < 4.78 is 6.17. The Morgan fingerprint density at radius 2 is 1.94 bits per heavy atom. The minimum atomic E-state index is -0.958. The van der Waals surface area contributed by atoms with Crippen LogP contribution in [0.1, 0.15) is 0 Å². The van der Waals surface area contributed by atoms with Gasteiger partial charge in [0.2, 0.25) is 0 Å². The van der Waals surface area contributed by atoms with Crippen molar-refractivity contribution in [1.29, 1.82) is 0 Å². The lowest BCUT2D eigenvalue weighted by Gasteiger charge is -2.00. The molecule has 2 rings (SSSR count). The topological polar surface area (TPSA) is 73.3 Å².